The lowest BCUT2D eigenvalue weighted by atomic mass is 10.1. The van der Waals surface area contributed by atoms with Gasteiger partial charge in [0.1, 0.15) is 0 Å². The number of nitrogens with zero attached hydrogens (tertiary/aromatic N) is 2. The topological polar surface area (TPSA) is 93.1 Å². The second kappa shape index (κ2) is 8.55. The summed E-state index contributed by atoms with van der Waals surface area (Å²) in [6, 6.07) is 11.8. The lowest BCUT2D eigenvalue weighted by Crippen LogP contribution is -2.24. The average molecular weight is 419 g/mol. The molecule has 0 saturated carbocycles. The molecule has 1 aromatic heterocycles. The molecule has 3 aromatic rings. The monoisotopic (exact) mass is 418 g/mol. The number of carbonyl (C=O) groups is 1. The molecule has 2 N–H and O–H groups in total. The Bertz CT molecular complexity index is 1070. The van der Waals surface area contributed by atoms with Gasteiger partial charge in [-0.05, 0) is 36.4 Å². The molecule has 146 valence electrons. The van der Waals surface area contributed by atoms with Crippen LogP contribution in [-0.4, -0.2) is 30.9 Å². The van der Waals surface area contributed by atoms with E-state index in [-0.39, 0.29) is 15.5 Å². The summed E-state index contributed by atoms with van der Waals surface area (Å²) in [5.74, 6) is -0.444. The Balaban J connectivity index is 1.66. The maximum Gasteiger partial charge on any atom is 0.253 e. The largest absolute Gasteiger partial charge is 0.348 e. The Morgan fingerprint density at radius 2 is 1.86 bits per heavy atom. The van der Waals surface area contributed by atoms with Crippen LogP contribution in [-0.2, 0) is 23.1 Å². The van der Waals surface area contributed by atoms with Crippen molar-refractivity contribution in [2.24, 2.45) is 0 Å². The van der Waals surface area contributed by atoms with E-state index in [1.807, 2.05) is 35.0 Å². The SMILES string of the molecule is CNS(=O)(=O)c1ccc(Cl)c(C(=O)NCc2ccc(Cn3ccnc3)cc2)c1. The van der Waals surface area contributed by atoms with E-state index in [4.69, 9.17) is 11.6 Å². The third-order valence-corrected chi connectivity index (χ3v) is 5.90. The molecule has 0 fully saturated rings. The molecule has 0 atom stereocenters. The molecule has 9 heteroatoms. The first-order valence-electron chi connectivity index (χ1n) is 8.44. The zero-order valence-corrected chi connectivity index (χ0v) is 16.7. The van der Waals surface area contributed by atoms with Crippen LogP contribution in [0, 0.1) is 0 Å². The number of amides is 1. The summed E-state index contributed by atoms with van der Waals surface area (Å²) in [5.41, 5.74) is 2.13. The number of aromatic nitrogens is 2. The van der Waals surface area contributed by atoms with E-state index in [0.717, 1.165) is 17.7 Å². The standard InChI is InChI=1S/C19H19ClN4O3S/c1-21-28(26,27)16-6-7-18(20)17(10-16)19(25)23-11-14-2-4-15(5-3-14)12-24-9-8-22-13-24/h2-10,13,21H,11-12H2,1H3,(H,23,25). The molecule has 0 saturated heterocycles. The van der Waals surface area contributed by atoms with Crippen LogP contribution in [0.25, 0.3) is 0 Å². The summed E-state index contributed by atoms with van der Waals surface area (Å²) >= 11 is 6.07. The number of carbonyl (C=O) groups excluding carboxylic acids is 1. The van der Waals surface area contributed by atoms with Crippen molar-refractivity contribution in [3.05, 3.63) is 82.9 Å². The molecule has 0 unspecified atom stereocenters. The zero-order valence-electron chi connectivity index (χ0n) is 15.1. The minimum atomic E-state index is -3.66. The van der Waals surface area contributed by atoms with Crippen molar-refractivity contribution in [1.82, 2.24) is 19.6 Å². The second-order valence-corrected chi connectivity index (χ2v) is 8.38. The van der Waals surface area contributed by atoms with Gasteiger partial charge in [0.2, 0.25) is 10.0 Å². The first-order valence-corrected chi connectivity index (χ1v) is 10.3. The molecule has 0 aliphatic carbocycles. The van der Waals surface area contributed by atoms with E-state index in [1.54, 1.807) is 12.5 Å². The van der Waals surface area contributed by atoms with Crippen LogP contribution >= 0.6 is 11.6 Å². The van der Waals surface area contributed by atoms with E-state index in [1.165, 1.54) is 25.2 Å². The number of hydrogen-bond acceptors (Lipinski definition) is 4. The maximum atomic E-state index is 12.5. The molecule has 28 heavy (non-hydrogen) atoms. The number of nitrogens with one attached hydrogen (secondary N) is 2. The molecule has 2 aromatic carbocycles. The minimum Gasteiger partial charge on any atom is -0.348 e. The minimum absolute atomic E-state index is 0.0200. The summed E-state index contributed by atoms with van der Waals surface area (Å²) in [6.45, 7) is 1.01. The summed E-state index contributed by atoms with van der Waals surface area (Å²) < 4.78 is 28.0. The molecule has 0 aliphatic rings. The summed E-state index contributed by atoms with van der Waals surface area (Å²) in [4.78, 5) is 16.5. The number of hydrogen-bond donors (Lipinski definition) is 2. The highest BCUT2D eigenvalue weighted by Gasteiger charge is 2.17. The third kappa shape index (κ3) is 4.78. The van der Waals surface area contributed by atoms with Gasteiger partial charge >= 0.3 is 0 Å². The predicted molar refractivity (Wildman–Crippen MR) is 107 cm³/mol. The molecule has 3 rings (SSSR count). The van der Waals surface area contributed by atoms with Gasteiger partial charge in [0.25, 0.3) is 5.91 Å². The van der Waals surface area contributed by atoms with Gasteiger partial charge in [-0.3, -0.25) is 4.79 Å². The molecule has 1 amide bonds. The zero-order chi connectivity index (χ0) is 20.1. The Hall–Kier alpha value is -2.68. The van der Waals surface area contributed by atoms with Gasteiger partial charge in [0.15, 0.2) is 0 Å². The Morgan fingerprint density at radius 3 is 2.50 bits per heavy atom. The molecule has 7 nitrogen and oxygen atoms in total. The van der Waals surface area contributed by atoms with Gasteiger partial charge in [-0.1, -0.05) is 35.9 Å². The van der Waals surface area contributed by atoms with Gasteiger partial charge in [0.05, 0.1) is 21.8 Å². The Labute approximate surface area is 168 Å². The lowest BCUT2D eigenvalue weighted by Gasteiger charge is -2.10. The van der Waals surface area contributed by atoms with Crippen molar-refractivity contribution in [2.45, 2.75) is 18.0 Å². The highest BCUT2D eigenvalue weighted by atomic mass is 35.5. The fourth-order valence-electron chi connectivity index (χ4n) is 2.59. The Kier molecular flexibility index (Phi) is 6.13. The number of halogens is 1. The van der Waals surface area contributed by atoms with Gasteiger partial charge < -0.3 is 9.88 Å². The second-order valence-electron chi connectivity index (χ2n) is 6.08. The first-order chi connectivity index (χ1) is 13.4. The fraction of sp³-hybridized carbons (Fsp3) is 0.158. The van der Waals surface area contributed by atoms with Gasteiger partial charge in [0, 0.05) is 25.5 Å². The molecule has 0 radical (unpaired) electrons. The number of rotatable bonds is 7. The summed E-state index contributed by atoms with van der Waals surface area (Å²) in [7, 11) is -2.35. The predicted octanol–water partition coefficient (Wildman–Crippen LogP) is 2.42. The summed E-state index contributed by atoms with van der Waals surface area (Å²) in [6.07, 6.45) is 5.37. The highest BCUT2D eigenvalue weighted by Crippen LogP contribution is 2.20. The van der Waals surface area contributed by atoms with Crippen LogP contribution in [0.2, 0.25) is 5.02 Å². The Morgan fingerprint density at radius 1 is 1.14 bits per heavy atom. The van der Waals surface area contributed by atoms with Crippen LogP contribution in [0.3, 0.4) is 0 Å². The van der Waals surface area contributed by atoms with Crippen molar-refractivity contribution >= 4 is 27.5 Å². The van der Waals surface area contributed by atoms with Crippen LogP contribution in [0.15, 0.2) is 66.1 Å². The average Bonchev–Trinajstić information content (AvgIpc) is 3.20. The van der Waals surface area contributed by atoms with E-state index in [0.29, 0.717) is 6.54 Å². The molecule has 1 heterocycles. The van der Waals surface area contributed by atoms with E-state index in [2.05, 4.69) is 15.0 Å². The maximum absolute atomic E-state index is 12.5. The van der Waals surface area contributed by atoms with Gasteiger partial charge in [-0.15, -0.1) is 0 Å². The van der Waals surface area contributed by atoms with Crippen molar-refractivity contribution in [2.75, 3.05) is 7.05 Å². The fourth-order valence-corrected chi connectivity index (χ4v) is 3.55. The number of benzene rings is 2. The third-order valence-electron chi connectivity index (χ3n) is 4.16. The van der Waals surface area contributed by atoms with Crippen molar-refractivity contribution < 1.29 is 13.2 Å². The van der Waals surface area contributed by atoms with Crippen molar-refractivity contribution in [1.29, 1.82) is 0 Å². The quantitative estimate of drug-likeness (QED) is 0.616. The smallest absolute Gasteiger partial charge is 0.253 e. The van der Waals surface area contributed by atoms with Crippen molar-refractivity contribution in [3.63, 3.8) is 0 Å². The lowest BCUT2D eigenvalue weighted by molar-refractivity contribution is 0.0951. The van der Waals surface area contributed by atoms with E-state index < -0.39 is 15.9 Å². The molecule has 0 bridgehead atoms. The first kappa shape index (κ1) is 20.1. The normalized spacial score (nSPS) is 11.4. The van der Waals surface area contributed by atoms with Crippen LogP contribution < -0.4 is 10.0 Å². The van der Waals surface area contributed by atoms with E-state index in [9.17, 15) is 13.2 Å². The number of sulfonamides is 1. The van der Waals surface area contributed by atoms with Crippen molar-refractivity contribution in [3.8, 4) is 0 Å². The molecular formula is C19H19ClN4O3S. The van der Waals surface area contributed by atoms with Crippen LogP contribution in [0.4, 0.5) is 0 Å². The molecular weight excluding hydrogens is 400 g/mol. The van der Waals surface area contributed by atoms with Gasteiger partial charge in [-0.2, -0.15) is 0 Å². The molecule has 0 spiro atoms. The van der Waals surface area contributed by atoms with Crippen LogP contribution in [0.1, 0.15) is 21.5 Å². The van der Waals surface area contributed by atoms with Gasteiger partial charge in [-0.25, -0.2) is 18.1 Å². The summed E-state index contributed by atoms with van der Waals surface area (Å²) in [5, 5.41) is 2.95. The number of imidazole rings is 1. The van der Waals surface area contributed by atoms with Crippen LogP contribution in [0.5, 0.6) is 0 Å². The molecule has 0 aliphatic heterocycles. The highest BCUT2D eigenvalue weighted by molar-refractivity contribution is 7.89. The van der Waals surface area contributed by atoms with E-state index >= 15 is 0 Å².